The van der Waals surface area contributed by atoms with E-state index in [0.717, 1.165) is 40.7 Å². The van der Waals surface area contributed by atoms with Crippen LogP contribution >= 0.6 is 0 Å². The molecule has 2 aromatic carbocycles. The van der Waals surface area contributed by atoms with Crippen LogP contribution in [0.4, 0.5) is 11.5 Å². The van der Waals surface area contributed by atoms with E-state index < -0.39 is 10.8 Å². The van der Waals surface area contributed by atoms with Crippen molar-refractivity contribution in [3.8, 4) is 0 Å². The number of pyridine rings is 1. The van der Waals surface area contributed by atoms with E-state index in [1.165, 1.54) is 0 Å². The number of aromatic nitrogens is 1. The molecular formula is C31H32N4O3. The van der Waals surface area contributed by atoms with Gasteiger partial charge >= 0.3 is 0 Å². The maximum Gasteiger partial charge on any atom is 0.244 e. The van der Waals surface area contributed by atoms with Crippen LogP contribution in [0.15, 0.2) is 60.8 Å². The number of carbonyl (C=O) groups excluding carboxylic acids is 3. The number of nitrogens with one attached hydrogen (secondary N) is 2. The first-order valence-corrected chi connectivity index (χ1v) is 13.2. The zero-order valence-corrected chi connectivity index (χ0v) is 22.0. The van der Waals surface area contributed by atoms with Gasteiger partial charge in [-0.25, -0.2) is 4.98 Å². The minimum atomic E-state index is -0.651. The van der Waals surface area contributed by atoms with Crippen molar-refractivity contribution in [1.29, 1.82) is 0 Å². The van der Waals surface area contributed by atoms with Gasteiger partial charge in [0.15, 0.2) is 0 Å². The second-order valence-electron chi connectivity index (χ2n) is 11.6. The summed E-state index contributed by atoms with van der Waals surface area (Å²) in [5, 5.41) is 5.94. The molecule has 3 aliphatic rings. The molecule has 1 aromatic heterocycles. The van der Waals surface area contributed by atoms with Gasteiger partial charge in [-0.2, -0.15) is 0 Å². The average Bonchev–Trinajstić information content (AvgIpc) is 3.40. The predicted octanol–water partition coefficient (Wildman–Crippen LogP) is 4.71. The summed E-state index contributed by atoms with van der Waals surface area (Å²) in [4.78, 5) is 45.7. The summed E-state index contributed by atoms with van der Waals surface area (Å²) < 4.78 is 0. The summed E-state index contributed by atoms with van der Waals surface area (Å²) >= 11 is 0. The summed E-state index contributed by atoms with van der Waals surface area (Å²) in [7, 11) is 0. The molecule has 1 aliphatic carbocycles. The van der Waals surface area contributed by atoms with Gasteiger partial charge in [0.1, 0.15) is 12.4 Å². The van der Waals surface area contributed by atoms with Crippen LogP contribution in [0.5, 0.6) is 0 Å². The molecule has 7 heteroatoms. The number of fused-ring (bicyclic) bond motifs is 3. The SMILES string of the molecule is Cc1ccc([C@@H]2CCC(C)(C)C(=O)N2CC(=O)Nc2ccc3c(c2)C[C@@]2(C3)C(=O)Nc3ncccc32)cc1. The Kier molecular flexibility index (Phi) is 5.63. The number of piperidine rings is 1. The van der Waals surface area contributed by atoms with Crippen molar-refractivity contribution in [2.75, 3.05) is 17.2 Å². The van der Waals surface area contributed by atoms with E-state index in [9.17, 15) is 14.4 Å². The van der Waals surface area contributed by atoms with E-state index in [1.807, 2.05) is 63.2 Å². The van der Waals surface area contributed by atoms with Crippen molar-refractivity contribution >= 4 is 29.2 Å². The second-order valence-corrected chi connectivity index (χ2v) is 11.6. The highest BCUT2D eigenvalue weighted by atomic mass is 16.2. The second kappa shape index (κ2) is 8.79. The number of amides is 3. The number of carbonyl (C=O) groups is 3. The molecule has 2 aliphatic heterocycles. The van der Waals surface area contributed by atoms with Gasteiger partial charge in [-0.15, -0.1) is 0 Å². The van der Waals surface area contributed by atoms with Crippen molar-refractivity contribution in [1.82, 2.24) is 9.88 Å². The highest BCUT2D eigenvalue weighted by Gasteiger charge is 2.51. The number of hydrogen-bond donors (Lipinski definition) is 2. The summed E-state index contributed by atoms with van der Waals surface area (Å²) in [5.74, 6) is 0.381. The van der Waals surface area contributed by atoms with E-state index in [0.29, 0.717) is 24.3 Å². The monoisotopic (exact) mass is 508 g/mol. The Morgan fingerprint density at radius 2 is 1.84 bits per heavy atom. The standard InChI is InChI=1S/C31H32N4O3/c1-19-6-8-20(9-7-19)25-12-13-30(2,3)29(38)35(25)18-26(36)33-23-11-10-21-16-31(17-22(21)15-23)24-5-4-14-32-27(24)34-28(31)37/h4-11,14-15,25H,12-13,16-18H2,1-3H3,(H,33,36)(H,32,34,37)/t25-,31+/m0/s1. The van der Waals surface area contributed by atoms with Crippen LogP contribution in [0, 0.1) is 12.3 Å². The molecule has 3 heterocycles. The number of likely N-dealkylation sites (tertiary alicyclic amines) is 1. The highest BCUT2D eigenvalue weighted by molar-refractivity contribution is 6.06. The maximum atomic E-state index is 13.4. The van der Waals surface area contributed by atoms with Crippen LogP contribution in [-0.2, 0) is 32.6 Å². The van der Waals surface area contributed by atoms with Crippen molar-refractivity contribution < 1.29 is 14.4 Å². The van der Waals surface area contributed by atoms with Gasteiger partial charge in [0.05, 0.1) is 11.5 Å². The summed E-state index contributed by atoms with van der Waals surface area (Å²) in [6, 6.07) is 17.7. The lowest BCUT2D eigenvalue weighted by Gasteiger charge is -2.43. The summed E-state index contributed by atoms with van der Waals surface area (Å²) in [6.45, 7) is 5.93. The number of nitrogens with zero attached hydrogens (tertiary/aromatic N) is 2. The van der Waals surface area contributed by atoms with E-state index in [1.54, 1.807) is 11.1 Å². The zero-order chi connectivity index (χ0) is 26.7. The van der Waals surface area contributed by atoms with Gasteiger partial charge in [-0.1, -0.05) is 55.8 Å². The molecule has 2 N–H and O–H groups in total. The number of benzene rings is 2. The quantitative estimate of drug-likeness (QED) is 0.534. The molecule has 38 heavy (non-hydrogen) atoms. The first-order chi connectivity index (χ1) is 18.2. The summed E-state index contributed by atoms with van der Waals surface area (Å²) in [6.07, 6.45) is 4.45. The van der Waals surface area contributed by atoms with Gasteiger partial charge in [0, 0.05) is 22.9 Å². The fourth-order valence-electron chi connectivity index (χ4n) is 6.31. The molecule has 0 radical (unpaired) electrons. The third kappa shape index (κ3) is 3.97. The van der Waals surface area contributed by atoms with Crippen LogP contribution in [0.1, 0.15) is 60.5 Å². The van der Waals surface area contributed by atoms with Crippen LogP contribution < -0.4 is 10.6 Å². The first-order valence-electron chi connectivity index (χ1n) is 13.2. The Balaban J connectivity index is 1.20. The Labute approximate surface area is 222 Å². The van der Waals surface area contributed by atoms with E-state index in [4.69, 9.17) is 0 Å². The third-order valence-corrected chi connectivity index (χ3v) is 8.50. The molecule has 3 amide bonds. The third-order valence-electron chi connectivity index (χ3n) is 8.50. The molecule has 0 saturated carbocycles. The zero-order valence-electron chi connectivity index (χ0n) is 22.0. The van der Waals surface area contributed by atoms with Gasteiger partial charge < -0.3 is 15.5 Å². The van der Waals surface area contributed by atoms with Crippen LogP contribution in [0.3, 0.4) is 0 Å². The number of hydrogen-bond acceptors (Lipinski definition) is 4. The lowest BCUT2D eigenvalue weighted by Crippen LogP contribution is -2.50. The van der Waals surface area contributed by atoms with E-state index in [2.05, 4.69) is 27.8 Å². The van der Waals surface area contributed by atoms with Crippen molar-refractivity contribution in [3.05, 3.63) is 88.6 Å². The molecule has 3 aromatic rings. The lowest BCUT2D eigenvalue weighted by atomic mass is 9.78. The Morgan fingerprint density at radius 1 is 1.08 bits per heavy atom. The van der Waals surface area contributed by atoms with Gasteiger partial charge in [-0.05, 0) is 67.5 Å². The maximum absolute atomic E-state index is 13.4. The molecule has 0 unspecified atom stereocenters. The highest BCUT2D eigenvalue weighted by Crippen LogP contribution is 2.47. The largest absolute Gasteiger partial charge is 0.326 e. The van der Waals surface area contributed by atoms with Crippen molar-refractivity contribution in [3.63, 3.8) is 0 Å². The van der Waals surface area contributed by atoms with Gasteiger partial charge in [0.25, 0.3) is 0 Å². The number of aryl methyl sites for hydroxylation is 1. The molecule has 1 saturated heterocycles. The lowest BCUT2D eigenvalue weighted by molar-refractivity contribution is -0.150. The minimum Gasteiger partial charge on any atom is -0.326 e. The molecule has 194 valence electrons. The first kappa shape index (κ1) is 24.3. The Bertz CT molecular complexity index is 1460. The van der Waals surface area contributed by atoms with E-state index >= 15 is 0 Å². The normalized spacial score (nSPS) is 23.2. The molecule has 1 fully saturated rings. The molecule has 2 atom stereocenters. The van der Waals surface area contributed by atoms with E-state index in [-0.39, 0.29) is 30.3 Å². The molecule has 1 spiro atoms. The predicted molar refractivity (Wildman–Crippen MR) is 146 cm³/mol. The van der Waals surface area contributed by atoms with Crippen LogP contribution in [-0.4, -0.2) is 34.2 Å². The molecule has 7 nitrogen and oxygen atoms in total. The molecule has 0 bridgehead atoms. The molecular weight excluding hydrogens is 476 g/mol. The van der Waals surface area contributed by atoms with Crippen LogP contribution in [0.25, 0.3) is 0 Å². The van der Waals surface area contributed by atoms with Crippen LogP contribution in [0.2, 0.25) is 0 Å². The number of anilines is 2. The topological polar surface area (TPSA) is 91.4 Å². The fourth-order valence-corrected chi connectivity index (χ4v) is 6.31. The van der Waals surface area contributed by atoms with Gasteiger partial charge in [0.2, 0.25) is 17.7 Å². The van der Waals surface area contributed by atoms with Gasteiger partial charge in [-0.3, -0.25) is 14.4 Å². The molecule has 6 rings (SSSR count). The average molecular weight is 509 g/mol. The Hall–Kier alpha value is -4.00. The fraction of sp³-hybridized carbons (Fsp3) is 0.355. The van der Waals surface area contributed by atoms with Crippen molar-refractivity contribution in [2.45, 2.75) is 57.9 Å². The van der Waals surface area contributed by atoms with Crippen molar-refractivity contribution in [2.24, 2.45) is 5.41 Å². The smallest absolute Gasteiger partial charge is 0.244 e. The minimum absolute atomic E-state index is 0.000101. The number of rotatable bonds is 4. The summed E-state index contributed by atoms with van der Waals surface area (Å²) in [5.41, 5.74) is 4.81. The Morgan fingerprint density at radius 3 is 2.63 bits per heavy atom.